The Bertz CT molecular complexity index is 333. The molecule has 1 aromatic heterocycles. The van der Waals surface area contributed by atoms with Gasteiger partial charge in [-0.3, -0.25) is 4.90 Å². The highest BCUT2D eigenvalue weighted by atomic mass is 15.3. The van der Waals surface area contributed by atoms with Crippen molar-refractivity contribution in [2.75, 3.05) is 43.4 Å². The fourth-order valence-corrected chi connectivity index (χ4v) is 2.05. The van der Waals surface area contributed by atoms with Gasteiger partial charge < -0.3 is 10.6 Å². The van der Waals surface area contributed by atoms with Crippen molar-refractivity contribution < 1.29 is 0 Å². The van der Waals surface area contributed by atoms with Gasteiger partial charge in [0.1, 0.15) is 18.0 Å². The third kappa shape index (κ3) is 2.61. The average Bonchev–Trinajstić information content (AvgIpc) is 2.30. The Morgan fingerprint density at radius 2 is 2.00 bits per heavy atom. The van der Waals surface area contributed by atoms with Gasteiger partial charge in [0.2, 0.25) is 0 Å². The standard InChI is InChI=1S/C11H19N5/c1-2-3-15-4-6-16(7-5-15)11-8-10(12)13-9-14-11/h8-9H,2-7H2,1H3,(H2,12,13,14). The average molecular weight is 221 g/mol. The van der Waals surface area contributed by atoms with E-state index < -0.39 is 0 Å². The zero-order valence-electron chi connectivity index (χ0n) is 9.76. The van der Waals surface area contributed by atoms with E-state index in [1.807, 2.05) is 6.07 Å². The van der Waals surface area contributed by atoms with Crippen molar-refractivity contribution in [2.45, 2.75) is 13.3 Å². The molecule has 0 saturated carbocycles. The van der Waals surface area contributed by atoms with Gasteiger partial charge in [0, 0.05) is 32.2 Å². The second-order valence-corrected chi connectivity index (χ2v) is 4.13. The van der Waals surface area contributed by atoms with Crippen LogP contribution in [-0.4, -0.2) is 47.6 Å². The number of nitrogens with two attached hydrogens (primary N) is 1. The fourth-order valence-electron chi connectivity index (χ4n) is 2.05. The molecular formula is C11H19N5. The number of hydrogen-bond donors (Lipinski definition) is 1. The van der Waals surface area contributed by atoms with Crippen molar-refractivity contribution in [1.82, 2.24) is 14.9 Å². The van der Waals surface area contributed by atoms with E-state index in [9.17, 15) is 0 Å². The summed E-state index contributed by atoms with van der Waals surface area (Å²) in [5.41, 5.74) is 5.65. The molecule has 5 nitrogen and oxygen atoms in total. The molecule has 88 valence electrons. The number of nitrogens with zero attached hydrogens (tertiary/aromatic N) is 4. The van der Waals surface area contributed by atoms with Gasteiger partial charge in [0.25, 0.3) is 0 Å². The van der Waals surface area contributed by atoms with Crippen LogP contribution in [0.3, 0.4) is 0 Å². The molecule has 0 spiro atoms. The Hall–Kier alpha value is -1.36. The Morgan fingerprint density at radius 1 is 1.25 bits per heavy atom. The minimum atomic E-state index is 0.543. The minimum absolute atomic E-state index is 0.543. The van der Waals surface area contributed by atoms with Gasteiger partial charge in [-0.05, 0) is 13.0 Å². The van der Waals surface area contributed by atoms with Crippen molar-refractivity contribution in [2.24, 2.45) is 0 Å². The number of rotatable bonds is 3. The summed E-state index contributed by atoms with van der Waals surface area (Å²) in [6, 6.07) is 1.84. The zero-order chi connectivity index (χ0) is 11.4. The Kier molecular flexibility index (Phi) is 3.56. The molecular weight excluding hydrogens is 202 g/mol. The van der Waals surface area contributed by atoms with E-state index in [1.165, 1.54) is 19.3 Å². The van der Waals surface area contributed by atoms with Crippen molar-refractivity contribution in [3.8, 4) is 0 Å². The van der Waals surface area contributed by atoms with Crippen LogP contribution in [-0.2, 0) is 0 Å². The van der Waals surface area contributed by atoms with Crippen molar-refractivity contribution in [3.05, 3.63) is 12.4 Å². The molecule has 0 bridgehead atoms. The predicted molar refractivity (Wildman–Crippen MR) is 65.4 cm³/mol. The highest BCUT2D eigenvalue weighted by molar-refractivity contribution is 5.46. The normalized spacial score (nSPS) is 17.7. The van der Waals surface area contributed by atoms with Gasteiger partial charge in [-0.2, -0.15) is 0 Å². The van der Waals surface area contributed by atoms with Gasteiger partial charge in [-0.25, -0.2) is 9.97 Å². The van der Waals surface area contributed by atoms with Crippen LogP contribution in [0.2, 0.25) is 0 Å². The second kappa shape index (κ2) is 5.12. The summed E-state index contributed by atoms with van der Waals surface area (Å²) in [5.74, 6) is 1.49. The zero-order valence-corrected chi connectivity index (χ0v) is 9.76. The van der Waals surface area contributed by atoms with Crippen LogP contribution in [0.4, 0.5) is 11.6 Å². The maximum Gasteiger partial charge on any atom is 0.134 e. The summed E-state index contributed by atoms with van der Waals surface area (Å²) in [5, 5.41) is 0. The number of aromatic nitrogens is 2. The molecule has 0 radical (unpaired) electrons. The van der Waals surface area contributed by atoms with Crippen LogP contribution in [0.15, 0.2) is 12.4 Å². The van der Waals surface area contributed by atoms with Gasteiger partial charge >= 0.3 is 0 Å². The molecule has 0 unspecified atom stereocenters. The van der Waals surface area contributed by atoms with Gasteiger partial charge in [0.15, 0.2) is 0 Å². The summed E-state index contributed by atoms with van der Waals surface area (Å²) in [6.45, 7) is 7.68. The van der Waals surface area contributed by atoms with Crippen molar-refractivity contribution in [3.63, 3.8) is 0 Å². The lowest BCUT2D eigenvalue weighted by Gasteiger charge is -2.35. The molecule has 1 fully saturated rings. The van der Waals surface area contributed by atoms with Crippen molar-refractivity contribution in [1.29, 1.82) is 0 Å². The monoisotopic (exact) mass is 221 g/mol. The van der Waals surface area contributed by atoms with E-state index in [-0.39, 0.29) is 0 Å². The fraction of sp³-hybridized carbons (Fsp3) is 0.636. The quantitative estimate of drug-likeness (QED) is 0.809. The molecule has 1 aromatic rings. The number of nitrogen functional groups attached to an aromatic ring is 1. The predicted octanol–water partition coefficient (Wildman–Crippen LogP) is 0.591. The van der Waals surface area contributed by atoms with Crippen LogP contribution in [0.5, 0.6) is 0 Å². The van der Waals surface area contributed by atoms with E-state index >= 15 is 0 Å². The molecule has 0 atom stereocenters. The molecule has 2 rings (SSSR count). The van der Waals surface area contributed by atoms with E-state index in [1.54, 1.807) is 0 Å². The maximum atomic E-state index is 5.65. The van der Waals surface area contributed by atoms with Crippen LogP contribution < -0.4 is 10.6 Å². The lowest BCUT2D eigenvalue weighted by molar-refractivity contribution is 0.258. The van der Waals surface area contributed by atoms with Gasteiger partial charge in [-0.1, -0.05) is 6.92 Å². The van der Waals surface area contributed by atoms with Gasteiger partial charge in [0.05, 0.1) is 0 Å². The third-order valence-corrected chi connectivity index (χ3v) is 2.91. The summed E-state index contributed by atoms with van der Waals surface area (Å²) in [4.78, 5) is 12.9. The molecule has 1 saturated heterocycles. The first kappa shape index (κ1) is 11.1. The second-order valence-electron chi connectivity index (χ2n) is 4.13. The Balaban J connectivity index is 1.94. The molecule has 2 heterocycles. The molecule has 0 aromatic carbocycles. The molecule has 1 aliphatic rings. The number of hydrogen-bond acceptors (Lipinski definition) is 5. The van der Waals surface area contributed by atoms with Crippen LogP contribution in [0.1, 0.15) is 13.3 Å². The molecule has 0 amide bonds. The highest BCUT2D eigenvalue weighted by Gasteiger charge is 2.17. The summed E-state index contributed by atoms with van der Waals surface area (Å²) in [7, 11) is 0. The van der Waals surface area contributed by atoms with E-state index in [2.05, 4.69) is 26.7 Å². The highest BCUT2D eigenvalue weighted by Crippen LogP contribution is 2.14. The molecule has 1 aliphatic heterocycles. The number of piperazine rings is 1. The summed E-state index contributed by atoms with van der Waals surface area (Å²) in [6.07, 6.45) is 2.75. The first-order valence-electron chi connectivity index (χ1n) is 5.84. The Labute approximate surface area is 96.3 Å². The smallest absolute Gasteiger partial charge is 0.134 e. The van der Waals surface area contributed by atoms with Crippen molar-refractivity contribution >= 4 is 11.6 Å². The lowest BCUT2D eigenvalue weighted by atomic mass is 10.3. The molecule has 16 heavy (non-hydrogen) atoms. The first-order chi connectivity index (χ1) is 7.79. The third-order valence-electron chi connectivity index (χ3n) is 2.91. The molecule has 2 N–H and O–H groups in total. The van der Waals surface area contributed by atoms with E-state index in [4.69, 9.17) is 5.73 Å². The topological polar surface area (TPSA) is 58.3 Å². The Morgan fingerprint density at radius 3 is 2.62 bits per heavy atom. The van der Waals surface area contributed by atoms with Crippen LogP contribution in [0, 0.1) is 0 Å². The number of anilines is 2. The van der Waals surface area contributed by atoms with E-state index in [0.29, 0.717) is 5.82 Å². The molecule has 0 aliphatic carbocycles. The molecule has 5 heteroatoms. The minimum Gasteiger partial charge on any atom is -0.384 e. The summed E-state index contributed by atoms with van der Waals surface area (Å²) < 4.78 is 0. The van der Waals surface area contributed by atoms with E-state index in [0.717, 1.165) is 32.0 Å². The van der Waals surface area contributed by atoms with Gasteiger partial charge in [-0.15, -0.1) is 0 Å². The van der Waals surface area contributed by atoms with Crippen LogP contribution >= 0.6 is 0 Å². The first-order valence-corrected chi connectivity index (χ1v) is 5.84. The summed E-state index contributed by atoms with van der Waals surface area (Å²) >= 11 is 0. The SMILES string of the molecule is CCCN1CCN(c2cc(N)ncn2)CC1. The maximum absolute atomic E-state index is 5.65. The largest absolute Gasteiger partial charge is 0.384 e. The lowest BCUT2D eigenvalue weighted by Crippen LogP contribution is -2.46. The van der Waals surface area contributed by atoms with Crippen LogP contribution in [0.25, 0.3) is 0 Å².